The number of nitrogens with zero attached hydrogens (tertiary/aromatic N) is 1. The number of benzene rings is 3. The maximum absolute atomic E-state index is 13.2. The lowest BCUT2D eigenvalue weighted by atomic mass is 9.86. The number of pyridine rings is 1. The largest absolute Gasteiger partial charge is 0.405 e. The average Bonchev–Trinajstić information content (AvgIpc) is 3.28. The molecule has 4 aromatic rings. The summed E-state index contributed by atoms with van der Waals surface area (Å²) in [5.41, 5.74) is 12.6. The lowest BCUT2D eigenvalue weighted by Crippen LogP contribution is -2.37. The summed E-state index contributed by atoms with van der Waals surface area (Å²) in [6.45, 7) is 0.570. The van der Waals surface area contributed by atoms with Gasteiger partial charge < -0.3 is 16.4 Å². The number of alkyl halides is 3. The minimum atomic E-state index is -4.52. The lowest BCUT2D eigenvalue weighted by molar-refractivity contribution is -0.138. The van der Waals surface area contributed by atoms with Gasteiger partial charge in [0.15, 0.2) is 0 Å². The maximum atomic E-state index is 13.2. The Hall–Kier alpha value is -4.66. The fraction of sp³-hybridized carbons (Fsp3) is 0.194. The molecule has 1 aliphatic carbocycles. The Morgan fingerprint density at radius 2 is 1.68 bits per heavy atom. The van der Waals surface area contributed by atoms with Gasteiger partial charge in [-0.25, -0.2) is 4.98 Å². The third-order valence-corrected chi connectivity index (χ3v) is 6.95. The summed E-state index contributed by atoms with van der Waals surface area (Å²) >= 11 is 0. The fourth-order valence-corrected chi connectivity index (χ4v) is 5.20. The molecule has 204 valence electrons. The molecule has 40 heavy (non-hydrogen) atoms. The van der Waals surface area contributed by atoms with Crippen molar-refractivity contribution in [3.8, 4) is 22.3 Å². The molecule has 3 aromatic carbocycles. The van der Waals surface area contributed by atoms with E-state index in [0.717, 1.165) is 23.1 Å². The molecule has 0 fully saturated rings. The third-order valence-electron chi connectivity index (χ3n) is 6.95. The molecule has 2 amide bonds. The topological polar surface area (TPSA) is 97.1 Å². The van der Waals surface area contributed by atoms with Crippen LogP contribution in [0.5, 0.6) is 0 Å². The highest BCUT2D eigenvalue weighted by molar-refractivity contribution is 6.04. The highest BCUT2D eigenvalue weighted by atomic mass is 19.4. The highest BCUT2D eigenvalue weighted by Gasteiger charge is 2.38. The number of hydrogen-bond acceptors (Lipinski definition) is 4. The first-order valence-electron chi connectivity index (χ1n) is 12.9. The Bertz CT molecular complexity index is 1570. The minimum Gasteiger partial charge on any atom is -0.398 e. The first-order chi connectivity index (χ1) is 19.2. The van der Waals surface area contributed by atoms with E-state index in [-0.39, 0.29) is 5.91 Å². The summed E-state index contributed by atoms with van der Waals surface area (Å²) in [4.78, 5) is 30.1. The van der Waals surface area contributed by atoms with Crippen molar-refractivity contribution in [2.45, 2.75) is 31.9 Å². The van der Waals surface area contributed by atoms with Crippen molar-refractivity contribution < 1.29 is 22.8 Å². The fourth-order valence-electron chi connectivity index (χ4n) is 5.20. The van der Waals surface area contributed by atoms with Gasteiger partial charge in [-0.15, -0.1) is 0 Å². The van der Waals surface area contributed by atoms with E-state index in [1.807, 2.05) is 31.2 Å². The van der Waals surface area contributed by atoms with Gasteiger partial charge in [0.05, 0.1) is 5.92 Å². The number of carbonyl (C=O) groups is 2. The maximum Gasteiger partial charge on any atom is 0.405 e. The van der Waals surface area contributed by atoms with E-state index < -0.39 is 24.5 Å². The molecule has 4 N–H and O–H groups in total. The Labute approximate surface area is 229 Å². The number of carbonyl (C=O) groups excluding carboxylic acids is 2. The molecule has 5 rings (SSSR count). The van der Waals surface area contributed by atoms with Gasteiger partial charge in [0.1, 0.15) is 12.4 Å². The smallest absolute Gasteiger partial charge is 0.398 e. The van der Waals surface area contributed by atoms with Crippen LogP contribution in [0.4, 0.5) is 24.7 Å². The van der Waals surface area contributed by atoms with Crippen LogP contribution >= 0.6 is 0 Å². The second kappa shape index (κ2) is 10.8. The number of rotatable bonds is 7. The zero-order valence-corrected chi connectivity index (χ0v) is 21.7. The number of nitrogens with one attached hydrogen (secondary N) is 2. The van der Waals surface area contributed by atoms with Crippen LogP contribution in [-0.4, -0.2) is 29.5 Å². The zero-order chi connectivity index (χ0) is 28.4. The molecule has 6 nitrogen and oxygen atoms in total. The molecule has 0 spiro atoms. The molecular weight excluding hydrogens is 517 g/mol. The van der Waals surface area contributed by atoms with Crippen LogP contribution in [0, 0.1) is 0 Å². The van der Waals surface area contributed by atoms with Crippen LogP contribution < -0.4 is 16.4 Å². The molecule has 0 saturated heterocycles. The minimum absolute atomic E-state index is 0.283. The number of nitrogen functional groups attached to an aromatic ring is 1. The summed E-state index contributed by atoms with van der Waals surface area (Å²) in [7, 11) is 0. The van der Waals surface area contributed by atoms with Crippen molar-refractivity contribution in [1.29, 1.82) is 0 Å². The summed E-state index contributed by atoms with van der Waals surface area (Å²) in [5.74, 6) is -1.53. The van der Waals surface area contributed by atoms with Gasteiger partial charge in [-0.3, -0.25) is 9.59 Å². The van der Waals surface area contributed by atoms with Gasteiger partial charge in [-0.2, -0.15) is 13.2 Å². The number of fused-ring (bicyclic) bond motifs is 3. The van der Waals surface area contributed by atoms with Crippen molar-refractivity contribution in [1.82, 2.24) is 10.3 Å². The Morgan fingerprint density at radius 1 is 0.950 bits per heavy atom. The number of amides is 2. The molecular formula is C31H27F3N4O2. The number of nitrogens with two attached hydrogens (primary N) is 1. The van der Waals surface area contributed by atoms with E-state index in [1.165, 1.54) is 0 Å². The molecule has 0 aliphatic heterocycles. The number of aromatic nitrogens is 1. The van der Waals surface area contributed by atoms with Gasteiger partial charge in [-0.05, 0) is 64.6 Å². The van der Waals surface area contributed by atoms with Crippen LogP contribution in [-0.2, 0) is 11.2 Å². The predicted molar refractivity (Wildman–Crippen MR) is 149 cm³/mol. The van der Waals surface area contributed by atoms with Crippen LogP contribution in [0.3, 0.4) is 0 Å². The van der Waals surface area contributed by atoms with Crippen molar-refractivity contribution in [2.75, 3.05) is 17.6 Å². The van der Waals surface area contributed by atoms with Crippen LogP contribution in [0.25, 0.3) is 22.3 Å². The van der Waals surface area contributed by atoms with E-state index in [2.05, 4.69) is 15.6 Å². The lowest BCUT2D eigenvalue weighted by Gasteiger charge is -2.21. The number of halogens is 3. The summed E-state index contributed by atoms with van der Waals surface area (Å²) < 4.78 is 38.8. The number of anilines is 2. The average molecular weight is 545 g/mol. The zero-order valence-electron chi connectivity index (χ0n) is 21.7. The monoisotopic (exact) mass is 544 g/mol. The van der Waals surface area contributed by atoms with Crippen molar-refractivity contribution >= 4 is 23.3 Å². The van der Waals surface area contributed by atoms with Gasteiger partial charge in [-0.1, -0.05) is 55.8 Å². The van der Waals surface area contributed by atoms with Crippen molar-refractivity contribution in [3.63, 3.8) is 0 Å². The quantitative estimate of drug-likeness (QED) is 0.237. The molecule has 0 bridgehead atoms. The number of hydrogen-bond donors (Lipinski definition) is 3. The van der Waals surface area contributed by atoms with E-state index in [1.54, 1.807) is 54.7 Å². The molecule has 0 radical (unpaired) electrons. The van der Waals surface area contributed by atoms with E-state index in [9.17, 15) is 22.8 Å². The van der Waals surface area contributed by atoms with Crippen LogP contribution in [0.1, 0.15) is 46.3 Å². The van der Waals surface area contributed by atoms with Gasteiger partial charge in [0, 0.05) is 28.6 Å². The van der Waals surface area contributed by atoms with Crippen LogP contribution in [0.15, 0.2) is 79.0 Å². The molecule has 1 aliphatic rings. The van der Waals surface area contributed by atoms with E-state index in [0.29, 0.717) is 45.7 Å². The first-order valence-corrected chi connectivity index (χ1v) is 12.9. The molecule has 0 saturated carbocycles. The normalized spacial score (nSPS) is 13.8. The molecule has 1 aromatic heterocycles. The first kappa shape index (κ1) is 26.9. The Kier molecular flexibility index (Phi) is 7.30. The molecule has 1 heterocycles. The van der Waals surface area contributed by atoms with E-state index in [4.69, 9.17) is 5.73 Å². The second-order valence-corrected chi connectivity index (χ2v) is 9.63. The Balaban J connectivity index is 1.54. The highest BCUT2D eigenvalue weighted by Crippen LogP contribution is 2.50. The van der Waals surface area contributed by atoms with Crippen LogP contribution in [0.2, 0.25) is 0 Å². The second-order valence-electron chi connectivity index (χ2n) is 9.63. The molecule has 9 heteroatoms. The summed E-state index contributed by atoms with van der Waals surface area (Å²) in [5, 5.41) is 4.84. The van der Waals surface area contributed by atoms with Gasteiger partial charge in [0.2, 0.25) is 5.91 Å². The van der Waals surface area contributed by atoms with Gasteiger partial charge in [0.25, 0.3) is 5.91 Å². The summed E-state index contributed by atoms with van der Waals surface area (Å²) in [6.07, 6.45) is -1.65. The summed E-state index contributed by atoms with van der Waals surface area (Å²) in [6, 6.07) is 21.4. The molecule has 1 atom stereocenters. The third kappa shape index (κ3) is 5.27. The predicted octanol–water partition coefficient (Wildman–Crippen LogP) is 6.33. The molecule has 1 unspecified atom stereocenters. The SMILES string of the molecule is CCCc1c(N)c(-c2ccc(NC(=O)c3ccccc3)nc2)cc2c1C(C(=O)NCC(F)(F)F)c1ccccc1-2. The van der Waals surface area contributed by atoms with Gasteiger partial charge >= 0.3 is 6.18 Å². The van der Waals surface area contributed by atoms with E-state index >= 15 is 0 Å². The van der Waals surface area contributed by atoms with Crippen molar-refractivity contribution in [2.24, 2.45) is 0 Å². The van der Waals surface area contributed by atoms with Crippen molar-refractivity contribution in [3.05, 3.63) is 101 Å². The Morgan fingerprint density at radius 3 is 2.35 bits per heavy atom. The standard InChI is InChI=1S/C31H27F3N4O2/c1-2-8-22-26-24(20-11-6-7-12-21(20)27(26)30(40)37-17-31(32,33)34)15-23(28(22)35)19-13-14-25(36-16-19)38-29(39)18-9-4-3-5-10-18/h3-7,9-16,27H,2,8,17,35H2,1H3,(H,37,40)(H,36,38,39).